The maximum absolute atomic E-state index is 13.4. The van der Waals surface area contributed by atoms with Crippen LogP contribution in [0.1, 0.15) is 25.0 Å². The number of hydrogen-bond acceptors (Lipinski definition) is 2. The molecule has 0 radical (unpaired) electrons. The third kappa shape index (κ3) is 5.52. The lowest BCUT2D eigenvalue weighted by atomic mass is 10.1. The molecule has 104 valence electrons. The Bertz CT molecular complexity index is 435. The van der Waals surface area contributed by atoms with E-state index in [0.29, 0.717) is 6.54 Å². The highest BCUT2D eigenvalue weighted by Gasteiger charge is 2.12. The molecule has 1 aromatic carbocycles. The molecule has 0 fully saturated rings. The molecule has 0 heterocycles. The molecule has 3 N–H and O–H groups in total. The van der Waals surface area contributed by atoms with E-state index in [0.717, 1.165) is 6.42 Å². The second kappa shape index (κ2) is 8.26. The van der Waals surface area contributed by atoms with Crippen molar-refractivity contribution in [1.29, 1.82) is 0 Å². The van der Waals surface area contributed by atoms with E-state index in [1.54, 1.807) is 12.1 Å². The van der Waals surface area contributed by atoms with Crippen molar-refractivity contribution in [1.82, 2.24) is 10.6 Å². The summed E-state index contributed by atoms with van der Waals surface area (Å²) in [7, 11) is 0. The number of carbonyl (C=O) groups excluding carboxylic acids is 1. The SMILES string of the molecule is CC=CCCNC(=O)NCC(O)c1ccccc1F. The average Bonchev–Trinajstić information content (AvgIpc) is 2.41. The van der Waals surface area contributed by atoms with Gasteiger partial charge in [-0.05, 0) is 19.4 Å². The van der Waals surface area contributed by atoms with Gasteiger partial charge in [0.1, 0.15) is 5.82 Å². The maximum atomic E-state index is 13.4. The fraction of sp³-hybridized carbons (Fsp3) is 0.357. The van der Waals surface area contributed by atoms with Gasteiger partial charge in [0.25, 0.3) is 0 Å². The number of benzene rings is 1. The Balaban J connectivity index is 2.32. The summed E-state index contributed by atoms with van der Waals surface area (Å²) in [5, 5.41) is 14.9. The zero-order valence-corrected chi connectivity index (χ0v) is 10.9. The lowest BCUT2D eigenvalue weighted by Gasteiger charge is -2.13. The third-order valence-corrected chi connectivity index (χ3v) is 2.55. The summed E-state index contributed by atoms with van der Waals surface area (Å²) in [4.78, 5) is 11.4. The highest BCUT2D eigenvalue weighted by Crippen LogP contribution is 2.15. The first-order chi connectivity index (χ1) is 9.15. The van der Waals surface area contributed by atoms with Crippen molar-refractivity contribution < 1.29 is 14.3 Å². The van der Waals surface area contributed by atoms with Gasteiger partial charge >= 0.3 is 6.03 Å². The number of hydrogen-bond donors (Lipinski definition) is 3. The first-order valence-corrected chi connectivity index (χ1v) is 6.20. The lowest BCUT2D eigenvalue weighted by molar-refractivity contribution is 0.169. The molecule has 0 aliphatic heterocycles. The fourth-order valence-electron chi connectivity index (χ4n) is 1.54. The average molecular weight is 266 g/mol. The zero-order chi connectivity index (χ0) is 14.1. The normalized spacial score (nSPS) is 12.4. The Morgan fingerprint density at radius 2 is 2.16 bits per heavy atom. The summed E-state index contributed by atoms with van der Waals surface area (Å²) in [6.45, 7) is 2.40. The van der Waals surface area contributed by atoms with Gasteiger partial charge in [0.2, 0.25) is 0 Å². The van der Waals surface area contributed by atoms with Crippen molar-refractivity contribution in [2.24, 2.45) is 0 Å². The molecule has 0 aliphatic carbocycles. The Hall–Kier alpha value is -1.88. The smallest absolute Gasteiger partial charge is 0.314 e. The molecule has 1 unspecified atom stereocenters. The van der Waals surface area contributed by atoms with Crippen molar-refractivity contribution in [3.05, 3.63) is 47.8 Å². The number of halogens is 1. The Kier molecular flexibility index (Phi) is 6.60. The van der Waals surface area contributed by atoms with Gasteiger partial charge in [-0.3, -0.25) is 0 Å². The Morgan fingerprint density at radius 1 is 1.42 bits per heavy atom. The summed E-state index contributed by atoms with van der Waals surface area (Å²) in [6.07, 6.45) is 3.54. The first-order valence-electron chi connectivity index (χ1n) is 6.20. The molecule has 0 spiro atoms. The van der Waals surface area contributed by atoms with Crippen molar-refractivity contribution in [3.63, 3.8) is 0 Å². The highest BCUT2D eigenvalue weighted by molar-refractivity contribution is 5.73. The minimum absolute atomic E-state index is 0.0314. The zero-order valence-electron chi connectivity index (χ0n) is 10.9. The highest BCUT2D eigenvalue weighted by atomic mass is 19.1. The fourth-order valence-corrected chi connectivity index (χ4v) is 1.54. The number of allylic oxidation sites excluding steroid dienone is 1. The number of nitrogens with one attached hydrogen (secondary N) is 2. The maximum Gasteiger partial charge on any atom is 0.314 e. The molecule has 0 saturated heterocycles. The summed E-state index contributed by atoms with van der Waals surface area (Å²) < 4.78 is 13.4. The molecule has 0 aromatic heterocycles. The first kappa shape index (κ1) is 15.2. The molecule has 5 heteroatoms. The van der Waals surface area contributed by atoms with Crippen molar-refractivity contribution in [3.8, 4) is 0 Å². The number of rotatable bonds is 6. The van der Waals surface area contributed by atoms with E-state index >= 15 is 0 Å². The summed E-state index contributed by atoms with van der Waals surface area (Å²) in [5.74, 6) is -0.481. The summed E-state index contributed by atoms with van der Waals surface area (Å²) >= 11 is 0. The van der Waals surface area contributed by atoms with Crippen molar-refractivity contribution in [2.75, 3.05) is 13.1 Å². The van der Waals surface area contributed by atoms with E-state index in [1.807, 2.05) is 19.1 Å². The van der Waals surface area contributed by atoms with E-state index in [2.05, 4.69) is 10.6 Å². The van der Waals surface area contributed by atoms with E-state index < -0.39 is 11.9 Å². The van der Waals surface area contributed by atoms with Gasteiger partial charge < -0.3 is 15.7 Å². The largest absolute Gasteiger partial charge is 0.386 e. The van der Waals surface area contributed by atoms with Crippen molar-refractivity contribution in [2.45, 2.75) is 19.4 Å². The molecular formula is C14H19FN2O2. The standard InChI is InChI=1S/C14H19FN2O2/c1-2-3-6-9-16-14(19)17-10-13(18)11-7-4-5-8-12(11)15/h2-5,7-8,13,18H,6,9-10H2,1H3,(H2,16,17,19). The van der Waals surface area contributed by atoms with E-state index in [4.69, 9.17) is 0 Å². The number of aliphatic hydroxyl groups is 1. The van der Waals surface area contributed by atoms with Crippen molar-refractivity contribution >= 4 is 6.03 Å². The van der Waals surface area contributed by atoms with Crippen LogP contribution in [0.4, 0.5) is 9.18 Å². The van der Waals surface area contributed by atoms with Crippen LogP contribution < -0.4 is 10.6 Å². The quantitative estimate of drug-likeness (QED) is 0.545. The predicted molar refractivity (Wildman–Crippen MR) is 72.2 cm³/mol. The van der Waals surface area contributed by atoms with Gasteiger partial charge in [-0.15, -0.1) is 0 Å². The Labute approximate surface area is 112 Å². The van der Waals surface area contributed by atoms with Crippen LogP contribution in [0, 0.1) is 5.82 Å². The van der Waals surface area contributed by atoms with Gasteiger partial charge in [-0.2, -0.15) is 0 Å². The van der Waals surface area contributed by atoms with Crippen LogP contribution in [-0.2, 0) is 0 Å². The monoisotopic (exact) mass is 266 g/mol. The van der Waals surface area contributed by atoms with Crippen LogP contribution in [-0.4, -0.2) is 24.2 Å². The van der Waals surface area contributed by atoms with E-state index in [1.165, 1.54) is 12.1 Å². The number of carbonyl (C=O) groups is 1. The molecule has 1 aromatic rings. The number of urea groups is 1. The molecule has 19 heavy (non-hydrogen) atoms. The molecule has 1 atom stereocenters. The summed E-state index contributed by atoms with van der Waals surface area (Å²) in [6, 6.07) is 5.58. The van der Waals surface area contributed by atoms with Gasteiger partial charge in [0.15, 0.2) is 0 Å². The van der Waals surface area contributed by atoms with Crippen LogP contribution >= 0.6 is 0 Å². The predicted octanol–water partition coefficient (Wildman–Crippen LogP) is 2.12. The van der Waals surface area contributed by atoms with Gasteiger partial charge in [-0.25, -0.2) is 9.18 Å². The molecule has 4 nitrogen and oxygen atoms in total. The molecule has 0 aliphatic rings. The summed E-state index contributed by atoms with van der Waals surface area (Å²) in [5.41, 5.74) is 0.178. The topological polar surface area (TPSA) is 61.4 Å². The Morgan fingerprint density at radius 3 is 2.84 bits per heavy atom. The van der Waals surface area contributed by atoms with Crippen LogP contribution in [0.25, 0.3) is 0 Å². The molecule has 0 saturated carbocycles. The molecular weight excluding hydrogens is 247 g/mol. The second-order valence-electron chi connectivity index (χ2n) is 4.03. The minimum Gasteiger partial charge on any atom is -0.386 e. The van der Waals surface area contributed by atoms with Crippen LogP contribution in [0.5, 0.6) is 0 Å². The van der Waals surface area contributed by atoms with Crippen LogP contribution in [0.2, 0.25) is 0 Å². The lowest BCUT2D eigenvalue weighted by Crippen LogP contribution is -2.38. The third-order valence-electron chi connectivity index (χ3n) is 2.55. The van der Waals surface area contributed by atoms with Gasteiger partial charge in [0.05, 0.1) is 6.10 Å². The second-order valence-corrected chi connectivity index (χ2v) is 4.03. The van der Waals surface area contributed by atoms with E-state index in [9.17, 15) is 14.3 Å². The molecule has 0 bridgehead atoms. The van der Waals surface area contributed by atoms with Crippen LogP contribution in [0.3, 0.4) is 0 Å². The molecule has 2 amide bonds. The van der Waals surface area contributed by atoms with Crippen LogP contribution in [0.15, 0.2) is 36.4 Å². The van der Waals surface area contributed by atoms with E-state index in [-0.39, 0.29) is 18.1 Å². The minimum atomic E-state index is -1.05. The number of aliphatic hydroxyl groups excluding tert-OH is 1. The van der Waals surface area contributed by atoms with Gasteiger partial charge in [0, 0.05) is 18.7 Å². The number of amides is 2. The molecule has 1 rings (SSSR count). The van der Waals surface area contributed by atoms with Gasteiger partial charge in [-0.1, -0.05) is 30.4 Å².